The van der Waals surface area contributed by atoms with Crippen molar-refractivity contribution >= 4 is 43.0 Å². The summed E-state index contributed by atoms with van der Waals surface area (Å²) in [5.41, 5.74) is 9.63. The molecule has 0 aliphatic carbocycles. The van der Waals surface area contributed by atoms with E-state index in [-0.39, 0.29) is 51.8 Å². The van der Waals surface area contributed by atoms with Crippen molar-refractivity contribution in [2.45, 2.75) is 166 Å². The van der Waals surface area contributed by atoms with Crippen molar-refractivity contribution in [3.8, 4) is 0 Å². The fourth-order valence-corrected chi connectivity index (χ4v) is 11.9. The Balaban J connectivity index is 1.32. The van der Waals surface area contributed by atoms with Crippen LogP contribution in [0.15, 0.2) is 53.8 Å². The van der Waals surface area contributed by atoms with E-state index in [0.717, 1.165) is 79.8 Å². The summed E-state index contributed by atoms with van der Waals surface area (Å²) in [4.78, 5) is 27.6. The topological polar surface area (TPSA) is 202 Å². The number of thiophene rings is 1. The lowest BCUT2D eigenvalue weighted by molar-refractivity contribution is -0.117. The minimum atomic E-state index is -3.58. The predicted octanol–water partition coefficient (Wildman–Crippen LogP) is 8.69. The molecule has 2 aromatic heterocycles. The molecule has 4 heterocycles. The molecule has 61 heavy (non-hydrogen) atoms. The summed E-state index contributed by atoms with van der Waals surface area (Å²) in [6.45, 7) is 21.7. The SMILES string of the molecule is CC(C)c1cc2c(c(C(C)CCC(C)c3cc4c(c(C(C)C)c3CC(=O)N=S(N)(=O)c3cc(C(C)(C)O)cs3)COC4)c1CC(=O)N=S(N)(=O)c1ccn(C(C)C)n1)COC2. The molecule has 6 rings (SSSR count). The van der Waals surface area contributed by atoms with Crippen molar-refractivity contribution < 1.29 is 32.6 Å². The number of rotatable bonds is 15. The molecule has 0 spiro atoms. The molecule has 2 aliphatic rings. The van der Waals surface area contributed by atoms with E-state index in [2.05, 4.69) is 67.5 Å². The zero-order chi connectivity index (χ0) is 44.8. The molecule has 13 nitrogen and oxygen atoms in total. The van der Waals surface area contributed by atoms with E-state index in [1.165, 1.54) is 0 Å². The largest absolute Gasteiger partial charge is 0.386 e. The minimum Gasteiger partial charge on any atom is -0.386 e. The van der Waals surface area contributed by atoms with E-state index in [1.54, 1.807) is 42.2 Å². The van der Waals surface area contributed by atoms with Crippen LogP contribution in [0.25, 0.3) is 0 Å². The van der Waals surface area contributed by atoms with Gasteiger partial charge in [-0.1, -0.05) is 53.7 Å². The first-order valence-corrected chi connectivity index (χ1v) is 25.0. The van der Waals surface area contributed by atoms with Crippen LogP contribution in [0.2, 0.25) is 0 Å². The van der Waals surface area contributed by atoms with Crippen LogP contribution < -0.4 is 10.3 Å². The highest BCUT2D eigenvalue weighted by atomic mass is 32.2. The van der Waals surface area contributed by atoms with Crippen molar-refractivity contribution in [3.63, 3.8) is 0 Å². The fourth-order valence-electron chi connectivity index (χ4n) is 8.63. The van der Waals surface area contributed by atoms with Crippen molar-refractivity contribution in [3.05, 3.63) is 97.0 Å². The van der Waals surface area contributed by atoms with E-state index in [1.807, 2.05) is 13.8 Å². The average Bonchev–Trinajstić information content (AvgIpc) is 3.99. The number of benzene rings is 2. The molecule has 5 N–H and O–H groups in total. The lowest BCUT2D eigenvalue weighted by Gasteiger charge is -2.27. The number of hydrogen-bond donors (Lipinski definition) is 3. The van der Waals surface area contributed by atoms with E-state index < -0.39 is 37.2 Å². The second-order valence-electron chi connectivity index (χ2n) is 18.1. The molecular formula is C45H62N6O7S3. The standard InChI is InChI=1S/C45H62N6O7S3/c1-25(2)33-15-30-20-58-23-38(30)44(35(33)18-39(52)49-60(46,55)41-13-14-51(48-41)27(5)6)29(8)12-11-28(7)34-16-31-21-57-22-37(31)43(26(3)4)36(34)19-40(53)50-61(47,56)42-17-32(24-59-42)45(9,10)54/h13-17,24-29,54H,11-12,18-23H2,1-10H3,(H2,46,49,52,55)(H2,47,50,53,56). The quantitative estimate of drug-likeness (QED) is 0.105. The van der Waals surface area contributed by atoms with Crippen LogP contribution in [0.1, 0.15) is 173 Å². The number of carbonyl (C=O) groups excluding carboxylic acids is 2. The smallest absolute Gasteiger partial charge is 0.259 e. The Bertz CT molecular complexity index is 2580. The molecule has 4 aromatic rings. The third kappa shape index (κ3) is 10.3. The third-order valence-electron chi connectivity index (χ3n) is 11.8. The molecule has 16 heteroatoms. The van der Waals surface area contributed by atoms with Crippen LogP contribution in [-0.2, 0) is 83.8 Å². The summed E-state index contributed by atoms with van der Waals surface area (Å²) < 4.78 is 49.3. The summed E-state index contributed by atoms with van der Waals surface area (Å²) in [6.07, 6.45) is 3.03. The first-order valence-electron chi connectivity index (χ1n) is 21.0. The Labute approximate surface area is 365 Å². The van der Waals surface area contributed by atoms with Crippen molar-refractivity contribution in [1.82, 2.24) is 9.78 Å². The molecule has 332 valence electrons. The Hall–Kier alpha value is -3.61. The zero-order valence-corrected chi connectivity index (χ0v) is 39.5. The number of nitrogens with two attached hydrogens (primary N) is 2. The van der Waals surface area contributed by atoms with E-state index in [9.17, 15) is 23.1 Å². The number of amides is 2. The lowest BCUT2D eigenvalue weighted by atomic mass is 9.77. The number of ether oxygens (including phenoxy) is 2. The predicted molar refractivity (Wildman–Crippen MR) is 240 cm³/mol. The van der Waals surface area contributed by atoms with Gasteiger partial charge in [0, 0.05) is 12.2 Å². The third-order valence-corrected chi connectivity index (χ3v) is 16.0. The van der Waals surface area contributed by atoms with Gasteiger partial charge < -0.3 is 14.6 Å². The van der Waals surface area contributed by atoms with Gasteiger partial charge in [-0.15, -0.1) is 20.1 Å². The molecule has 0 fully saturated rings. The number of fused-ring (bicyclic) bond motifs is 2. The van der Waals surface area contributed by atoms with Crippen LogP contribution in [0.3, 0.4) is 0 Å². The maximum absolute atomic E-state index is 13.8. The second kappa shape index (κ2) is 18.2. The summed E-state index contributed by atoms with van der Waals surface area (Å²) in [6, 6.07) is 7.42. The highest BCUT2D eigenvalue weighted by molar-refractivity contribution is 7.93. The molecule has 4 unspecified atom stereocenters. The van der Waals surface area contributed by atoms with Gasteiger partial charge >= 0.3 is 0 Å². The number of aromatic nitrogens is 2. The lowest BCUT2D eigenvalue weighted by Crippen LogP contribution is -2.19. The van der Waals surface area contributed by atoms with Gasteiger partial charge in [-0.2, -0.15) is 5.10 Å². The highest BCUT2D eigenvalue weighted by Gasteiger charge is 2.31. The Kier molecular flexibility index (Phi) is 14.0. The number of nitrogens with zero attached hydrogens (tertiary/aromatic N) is 4. The summed E-state index contributed by atoms with van der Waals surface area (Å²) >= 11 is 1.11. The fraction of sp³-hybridized carbons (Fsp3) is 0.533. The molecule has 2 aromatic carbocycles. The second-order valence-corrected chi connectivity index (χ2v) is 22.7. The van der Waals surface area contributed by atoms with Crippen LogP contribution in [0, 0.1) is 0 Å². The molecule has 4 atom stereocenters. The van der Waals surface area contributed by atoms with Crippen molar-refractivity contribution in [2.24, 2.45) is 19.0 Å². The van der Waals surface area contributed by atoms with Crippen molar-refractivity contribution in [2.75, 3.05) is 0 Å². The average molecular weight is 895 g/mol. The van der Waals surface area contributed by atoms with Gasteiger partial charge in [-0.05, 0) is 143 Å². The maximum atomic E-state index is 13.8. The molecule has 2 amide bonds. The first kappa shape index (κ1) is 46.9. The summed E-state index contributed by atoms with van der Waals surface area (Å²) in [7, 11) is -7.14. The van der Waals surface area contributed by atoms with Gasteiger partial charge in [0.1, 0.15) is 4.21 Å². The van der Waals surface area contributed by atoms with Crippen LogP contribution >= 0.6 is 11.3 Å². The van der Waals surface area contributed by atoms with Gasteiger partial charge in [-0.3, -0.25) is 14.3 Å². The molecule has 0 radical (unpaired) electrons. The van der Waals surface area contributed by atoms with E-state index >= 15 is 0 Å². The van der Waals surface area contributed by atoms with Gasteiger partial charge in [0.05, 0.1) is 44.9 Å². The number of carbonyl (C=O) groups is 2. The Morgan fingerprint density at radius 2 is 1.34 bits per heavy atom. The van der Waals surface area contributed by atoms with E-state index in [4.69, 9.17) is 19.8 Å². The normalized spacial score (nSPS) is 17.0. The van der Waals surface area contributed by atoms with Crippen LogP contribution in [0.5, 0.6) is 0 Å². The molecule has 2 aliphatic heterocycles. The highest BCUT2D eigenvalue weighted by Crippen LogP contribution is 2.42. The number of aliphatic hydroxyl groups is 1. The van der Waals surface area contributed by atoms with Gasteiger partial charge in [0.2, 0.25) is 0 Å². The first-order chi connectivity index (χ1) is 28.5. The van der Waals surface area contributed by atoms with Gasteiger partial charge in [-0.25, -0.2) is 18.7 Å². The van der Waals surface area contributed by atoms with Crippen molar-refractivity contribution in [1.29, 1.82) is 0 Å². The number of hydrogen-bond acceptors (Lipinski definition) is 9. The van der Waals surface area contributed by atoms with E-state index in [0.29, 0.717) is 32.0 Å². The summed E-state index contributed by atoms with van der Waals surface area (Å²) in [5, 5.41) is 29.0. The van der Waals surface area contributed by atoms with Crippen LogP contribution in [-0.4, -0.2) is 35.1 Å². The maximum Gasteiger partial charge on any atom is 0.259 e. The molecule has 0 saturated carbocycles. The molecular weight excluding hydrogens is 833 g/mol. The van der Waals surface area contributed by atoms with Gasteiger partial charge in [0.25, 0.3) is 11.8 Å². The monoisotopic (exact) mass is 894 g/mol. The Morgan fingerprint density at radius 3 is 1.87 bits per heavy atom. The molecule has 0 bridgehead atoms. The molecule has 0 saturated heterocycles. The zero-order valence-electron chi connectivity index (χ0n) is 37.1. The summed E-state index contributed by atoms with van der Waals surface area (Å²) in [5.74, 6) is -1.01. The minimum absolute atomic E-state index is 0.00671. The van der Waals surface area contributed by atoms with Gasteiger partial charge in [0.15, 0.2) is 24.9 Å². The van der Waals surface area contributed by atoms with Crippen LogP contribution in [0.4, 0.5) is 0 Å². The Morgan fingerprint density at radius 1 is 0.803 bits per heavy atom.